The maximum absolute atomic E-state index is 12.4. The molecule has 0 saturated heterocycles. The molecular formula is C15H23N5O. The van der Waals surface area contributed by atoms with Crippen LogP contribution in [0.4, 0.5) is 0 Å². The molecule has 0 aliphatic carbocycles. The Morgan fingerprint density at radius 3 is 2.76 bits per heavy atom. The van der Waals surface area contributed by atoms with Crippen molar-refractivity contribution in [3.63, 3.8) is 0 Å². The molecule has 0 bridgehead atoms. The van der Waals surface area contributed by atoms with Crippen molar-refractivity contribution in [2.75, 3.05) is 19.6 Å². The number of carbonyl (C=O) groups excluding carboxylic acids is 1. The van der Waals surface area contributed by atoms with Gasteiger partial charge in [-0.15, -0.1) is 0 Å². The Bertz CT molecular complexity index is 647. The topological polar surface area (TPSA) is 71.8 Å². The summed E-state index contributed by atoms with van der Waals surface area (Å²) in [5.74, 6) is -0.0695. The number of nitrogens with one attached hydrogen (secondary N) is 2. The van der Waals surface area contributed by atoms with E-state index in [0.717, 1.165) is 41.9 Å². The zero-order valence-corrected chi connectivity index (χ0v) is 13.2. The summed E-state index contributed by atoms with van der Waals surface area (Å²) in [6, 6.07) is 1.83. The molecule has 6 nitrogen and oxygen atoms in total. The van der Waals surface area contributed by atoms with Crippen molar-refractivity contribution in [2.24, 2.45) is 7.05 Å². The molecule has 0 spiro atoms. The molecule has 114 valence electrons. The number of fused-ring (bicyclic) bond motifs is 1. The second kappa shape index (κ2) is 6.67. The van der Waals surface area contributed by atoms with Crippen molar-refractivity contribution in [1.29, 1.82) is 0 Å². The van der Waals surface area contributed by atoms with Gasteiger partial charge in [0.1, 0.15) is 0 Å². The van der Waals surface area contributed by atoms with Gasteiger partial charge in [-0.05, 0) is 32.9 Å². The predicted octanol–water partition coefficient (Wildman–Crippen LogP) is 1.31. The smallest absolute Gasteiger partial charge is 0.252 e. The Morgan fingerprint density at radius 2 is 2.05 bits per heavy atom. The van der Waals surface area contributed by atoms with Gasteiger partial charge in [-0.25, -0.2) is 4.98 Å². The average Bonchev–Trinajstić information content (AvgIpc) is 2.72. The minimum absolute atomic E-state index is 0.0695. The van der Waals surface area contributed by atoms with Gasteiger partial charge >= 0.3 is 0 Å². The lowest BCUT2D eigenvalue weighted by atomic mass is 10.1. The second-order valence-corrected chi connectivity index (χ2v) is 5.22. The second-order valence-electron chi connectivity index (χ2n) is 5.22. The van der Waals surface area contributed by atoms with E-state index in [2.05, 4.69) is 27.6 Å². The van der Waals surface area contributed by atoms with Gasteiger partial charge < -0.3 is 10.6 Å². The monoisotopic (exact) mass is 289 g/mol. The van der Waals surface area contributed by atoms with Crippen molar-refractivity contribution < 1.29 is 4.79 Å². The van der Waals surface area contributed by atoms with Crippen LogP contribution in [-0.2, 0) is 7.05 Å². The van der Waals surface area contributed by atoms with Gasteiger partial charge in [-0.2, -0.15) is 5.10 Å². The van der Waals surface area contributed by atoms with Crippen molar-refractivity contribution >= 4 is 16.9 Å². The quantitative estimate of drug-likeness (QED) is 0.787. The fraction of sp³-hybridized carbons (Fsp3) is 0.533. The molecule has 2 N–H and O–H groups in total. The van der Waals surface area contributed by atoms with Gasteiger partial charge in [0.15, 0.2) is 5.65 Å². The molecule has 2 rings (SSSR count). The normalized spacial score (nSPS) is 11.0. The van der Waals surface area contributed by atoms with Crippen LogP contribution in [-0.4, -0.2) is 40.3 Å². The molecule has 0 aromatic carbocycles. The molecule has 1 amide bonds. The molecule has 0 aliphatic rings. The molecule has 0 saturated carbocycles. The Kier molecular flexibility index (Phi) is 4.90. The number of hydrogen-bond acceptors (Lipinski definition) is 4. The van der Waals surface area contributed by atoms with Crippen LogP contribution in [0.1, 0.15) is 35.1 Å². The first kappa shape index (κ1) is 15.4. The Balaban J connectivity index is 2.19. The zero-order valence-electron chi connectivity index (χ0n) is 13.2. The van der Waals surface area contributed by atoms with E-state index in [1.54, 1.807) is 4.68 Å². The first-order valence-electron chi connectivity index (χ1n) is 7.34. The molecule has 2 aromatic rings. The third kappa shape index (κ3) is 3.39. The average molecular weight is 289 g/mol. The van der Waals surface area contributed by atoms with Gasteiger partial charge in [-0.1, -0.05) is 6.92 Å². The lowest BCUT2D eigenvalue weighted by Gasteiger charge is -2.08. The van der Waals surface area contributed by atoms with Gasteiger partial charge in [0.25, 0.3) is 5.91 Å². The fourth-order valence-corrected chi connectivity index (χ4v) is 2.41. The van der Waals surface area contributed by atoms with Gasteiger partial charge in [-0.3, -0.25) is 9.48 Å². The van der Waals surface area contributed by atoms with Crippen LogP contribution in [0.25, 0.3) is 11.0 Å². The van der Waals surface area contributed by atoms with Crippen LogP contribution in [0.15, 0.2) is 6.07 Å². The van der Waals surface area contributed by atoms with Gasteiger partial charge in [0.05, 0.1) is 16.6 Å². The minimum atomic E-state index is -0.0695. The lowest BCUT2D eigenvalue weighted by Crippen LogP contribution is -2.32. The molecule has 21 heavy (non-hydrogen) atoms. The van der Waals surface area contributed by atoms with Crippen molar-refractivity contribution in [3.05, 3.63) is 23.0 Å². The van der Waals surface area contributed by atoms with Gasteiger partial charge in [0.2, 0.25) is 0 Å². The molecular weight excluding hydrogens is 266 g/mol. The highest BCUT2D eigenvalue weighted by molar-refractivity contribution is 6.06. The highest BCUT2D eigenvalue weighted by atomic mass is 16.1. The van der Waals surface area contributed by atoms with Crippen LogP contribution < -0.4 is 10.6 Å². The number of aromatic nitrogens is 3. The lowest BCUT2D eigenvalue weighted by molar-refractivity contribution is 0.0955. The summed E-state index contributed by atoms with van der Waals surface area (Å²) >= 11 is 0. The zero-order chi connectivity index (χ0) is 15.4. The Labute approximate surface area is 124 Å². The number of rotatable bonds is 6. The highest BCUT2D eigenvalue weighted by Gasteiger charge is 2.17. The Morgan fingerprint density at radius 1 is 1.29 bits per heavy atom. The molecule has 0 unspecified atom stereocenters. The van der Waals surface area contributed by atoms with Crippen molar-refractivity contribution in [3.8, 4) is 0 Å². The van der Waals surface area contributed by atoms with E-state index >= 15 is 0 Å². The molecule has 6 heteroatoms. The third-order valence-corrected chi connectivity index (χ3v) is 3.36. The predicted molar refractivity (Wildman–Crippen MR) is 83.5 cm³/mol. The number of aryl methyl sites for hydroxylation is 3. The number of hydrogen-bond donors (Lipinski definition) is 2. The number of pyridine rings is 1. The molecule has 0 atom stereocenters. The van der Waals surface area contributed by atoms with Gasteiger partial charge in [0, 0.05) is 25.8 Å². The first-order chi connectivity index (χ1) is 10.0. The number of carbonyl (C=O) groups is 1. The first-order valence-corrected chi connectivity index (χ1v) is 7.34. The molecule has 2 heterocycles. The van der Waals surface area contributed by atoms with E-state index in [-0.39, 0.29) is 5.91 Å². The van der Waals surface area contributed by atoms with E-state index < -0.39 is 0 Å². The third-order valence-electron chi connectivity index (χ3n) is 3.36. The van der Waals surface area contributed by atoms with E-state index in [4.69, 9.17) is 0 Å². The highest BCUT2D eigenvalue weighted by Crippen LogP contribution is 2.21. The van der Waals surface area contributed by atoms with E-state index in [1.807, 2.05) is 27.0 Å². The maximum Gasteiger partial charge on any atom is 0.252 e. The van der Waals surface area contributed by atoms with Crippen molar-refractivity contribution in [1.82, 2.24) is 25.4 Å². The minimum Gasteiger partial charge on any atom is -0.351 e. The SMILES string of the molecule is CCCNCCNC(=O)c1cc(C)nc2c1c(C)nn2C. The summed E-state index contributed by atoms with van der Waals surface area (Å²) < 4.78 is 1.72. The van der Waals surface area contributed by atoms with Crippen molar-refractivity contribution in [2.45, 2.75) is 27.2 Å². The summed E-state index contributed by atoms with van der Waals surface area (Å²) in [5, 5.41) is 11.4. The maximum atomic E-state index is 12.4. The Hall–Kier alpha value is -1.95. The van der Waals surface area contributed by atoms with Crippen LogP contribution >= 0.6 is 0 Å². The van der Waals surface area contributed by atoms with E-state index in [0.29, 0.717) is 12.1 Å². The molecule has 0 radical (unpaired) electrons. The summed E-state index contributed by atoms with van der Waals surface area (Å²) in [4.78, 5) is 16.9. The van der Waals surface area contributed by atoms with E-state index in [9.17, 15) is 4.79 Å². The largest absolute Gasteiger partial charge is 0.351 e. The summed E-state index contributed by atoms with van der Waals surface area (Å²) in [6.07, 6.45) is 1.09. The van der Waals surface area contributed by atoms with Crippen LogP contribution in [0.5, 0.6) is 0 Å². The number of amides is 1. The molecule has 0 aliphatic heterocycles. The summed E-state index contributed by atoms with van der Waals surface area (Å²) in [6.45, 7) is 8.27. The molecule has 0 fully saturated rings. The van der Waals surface area contributed by atoms with Crippen LogP contribution in [0.3, 0.4) is 0 Å². The number of nitrogens with zero attached hydrogens (tertiary/aromatic N) is 3. The molecule has 2 aromatic heterocycles. The standard InChI is InChI=1S/C15H23N5O/c1-5-6-16-7-8-17-15(21)12-9-10(2)18-14-13(12)11(3)19-20(14)4/h9,16H,5-8H2,1-4H3,(H,17,21). The van der Waals surface area contributed by atoms with Crippen LogP contribution in [0.2, 0.25) is 0 Å². The summed E-state index contributed by atoms with van der Waals surface area (Å²) in [7, 11) is 1.85. The fourth-order valence-electron chi connectivity index (χ4n) is 2.41. The summed E-state index contributed by atoms with van der Waals surface area (Å²) in [5.41, 5.74) is 3.05. The van der Waals surface area contributed by atoms with E-state index in [1.165, 1.54) is 0 Å². The van der Waals surface area contributed by atoms with Crippen LogP contribution in [0, 0.1) is 13.8 Å².